The minimum Gasteiger partial charge on any atom is -0.497 e. The summed E-state index contributed by atoms with van der Waals surface area (Å²) < 4.78 is 10.1. The number of hydrogen-bond donors (Lipinski definition) is 1. The van der Waals surface area contributed by atoms with Gasteiger partial charge in [-0.25, -0.2) is 0 Å². The van der Waals surface area contributed by atoms with Gasteiger partial charge in [0.15, 0.2) is 6.61 Å². The molecule has 1 atom stereocenters. The van der Waals surface area contributed by atoms with Crippen molar-refractivity contribution in [2.24, 2.45) is 0 Å². The van der Waals surface area contributed by atoms with Gasteiger partial charge in [0.2, 0.25) is 0 Å². The Morgan fingerprint density at radius 1 is 1.04 bits per heavy atom. The fourth-order valence-electron chi connectivity index (χ4n) is 2.37. The Balaban J connectivity index is 1.69. The number of methoxy groups -OCH3 is 1. The van der Waals surface area contributed by atoms with Crippen LogP contribution >= 0.6 is 0 Å². The van der Waals surface area contributed by atoms with Crippen LogP contribution < -0.4 is 10.1 Å². The van der Waals surface area contributed by atoms with Crippen molar-refractivity contribution in [1.82, 2.24) is 5.32 Å². The summed E-state index contributed by atoms with van der Waals surface area (Å²) in [5.74, 6) is 0.0722. The first-order chi connectivity index (χ1) is 12.1. The van der Waals surface area contributed by atoms with Gasteiger partial charge in [-0.15, -0.1) is 0 Å². The van der Waals surface area contributed by atoms with Gasteiger partial charge in [-0.2, -0.15) is 0 Å². The van der Waals surface area contributed by atoms with Crippen LogP contribution in [0.1, 0.15) is 30.5 Å². The minimum atomic E-state index is -0.390. The molecule has 5 nitrogen and oxygen atoms in total. The van der Waals surface area contributed by atoms with Crippen LogP contribution in [0.2, 0.25) is 0 Å². The SMILES string of the molecule is COc1ccc(CCC(=O)OCC(=O)N[C@H](C)c2ccccc2)cc1. The lowest BCUT2D eigenvalue weighted by molar-refractivity contribution is -0.148. The monoisotopic (exact) mass is 341 g/mol. The highest BCUT2D eigenvalue weighted by atomic mass is 16.5. The van der Waals surface area contributed by atoms with Crippen LogP contribution in [0.4, 0.5) is 0 Å². The number of carbonyl (C=O) groups is 2. The van der Waals surface area contributed by atoms with E-state index in [4.69, 9.17) is 9.47 Å². The van der Waals surface area contributed by atoms with E-state index >= 15 is 0 Å². The van der Waals surface area contributed by atoms with E-state index < -0.39 is 5.97 Å². The first-order valence-electron chi connectivity index (χ1n) is 8.21. The Morgan fingerprint density at radius 2 is 1.72 bits per heavy atom. The summed E-state index contributed by atoms with van der Waals surface area (Å²) in [5, 5.41) is 2.81. The van der Waals surface area contributed by atoms with Crippen molar-refractivity contribution in [3.63, 3.8) is 0 Å². The lowest BCUT2D eigenvalue weighted by Crippen LogP contribution is -2.31. The van der Waals surface area contributed by atoms with Gasteiger partial charge in [-0.1, -0.05) is 42.5 Å². The number of amides is 1. The largest absolute Gasteiger partial charge is 0.497 e. The fourth-order valence-corrected chi connectivity index (χ4v) is 2.37. The van der Waals surface area contributed by atoms with E-state index in [0.29, 0.717) is 6.42 Å². The predicted octanol–water partition coefficient (Wildman–Crippen LogP) is 3.05. The smallest absolute Gasteiger partial charge is 0.306 e. The van der Waals surface area contributed by atoms with E-state index in [1.54, 1.807) is 7.11 Å². The van der Waals surface area contributed by atoms with Gasteiger partial charge in [0.25, 0.3) is 5.91 Å². The quantitative estimate of drug-likeness (QED) is 0.750. The third-order valence-electron chi connectivity index (χ3n) is 3.82. The molecule has 0 fully saturated rings. The summed E-state index contributed by atoms with van der Waals surface area (Å²) in [4.78, 5) is 23.6. The average Bonchev–Trinajstić information content (AvgIpc) is 2.65. The molecular formula is C20H23NO4. The summed E-state index contributed by atoms with van der Waals surface area (Å²) in [6.45, 7) is 1.62. The van der Waals surface area contributed by atoms with Gasteiger partial charge in [-0.05, 0) is 36.6 Å². The maximum Gasteiger partial charge on any atom is 0.306 e. The van der Waals surface area contributed by atoms with E-state index in [2.05, 4.69) is 5.32 Å². The van der Waals surface area contributed by atoms with E-state index in [1.807, 2.05) is 61.5 Å². The summed E-state index contributed by atoms with van der Waals surface area (Å²) in [6, 6.07) is 17.0. The van der Waals surface area contributed by atoms with Crippen LogP contribution in [0, 0.1) is 0 Å². The van der Waals surface area contributed by atoms with E-state index in [9.17, 15) is 9.59 Å². The van der Waals surface area contributed by atoms with Gasteiger partial charge >= 0.3 is 5.97 Å². The lowest BCUT2D eigenvalue weighted by Gasteiger charge is -2.14. The second-order valence-electron chi connectivity index (χ2n) is 5.71. The fraction of sp³-hybridized carbons (Fsp3) is 0.300. The second-order valence-corrected chi connectivity index (χ2v) is 5.71. The van der Waals surface area contributed by atoms with Crippen molar-refractivity contribution in [3.05, 3.63) is 65.7 Å². The van der Waals surface area contributed by atoms with Crippen molar-refractivity contribution in [2.45, 2.75) is 25.8 Å². The molecule has 0 spiro atoms. The molecule has 1 N–H and O–H groups in total. The normalized spacial score (nSPS) is 11.4. The Morgan fingerprint density at radius 3 is 2.36 bits per heavy atom. The van der Waals surface area contributed by atoms with Crippen molar-refractivity contribution >= 4 is 11.9 Å². The number of aryl methyl sites for hydroxylation is 1. The molecule has 0 unspecified atom stereocenters. The van der Waals surface area contributed by atoms with Crippen molar-refractivity contribution in [3.8, 4) is 5.75 Å². The maximum atomic E-state index is 11.9. The Kier molecular flexibility index (Phi) is 7.01. The zero-order chi connectivity index (χ0) is 18.1. The molecule has 0 heterocycles. The van der Waals surface area contributed by atoms with Crippen molar-refractivity contribution in [1.29, 1.82) is 0 Å². The van der Waals surface area contributed by atoms with E-state index in [-0.39, 0.29) is 25.0 Å². The molecule has 0 radical (unpaired) electrons. The maximum absolute atomic E-state index is 11.9. The van der Waals surface area contributed by atoms with E-state index in [0.717, 1.165) is 16.9 Å². The lowest BCUT2D eigenvalue weighted by atomic mass is 10.1. The number of nitrogens with one attached hydrogen (secondary N) is 1. The highest BCUT2D eigenvalue weighted by Gasteiger charge is 2.11. The van der Waals surface area contributed by atoms with Gasteiger partial charge in [0.05, 0.1) is 13.2 Å². The predicted molar refractivity (Wildman–Crippen MR) is 95.3 cm³/mol. The molecule has 1 amide bonds. The van der Waals surface area contributed by atoms with Crippen LogP contribution in [0.15, 0.2) is 54.6 Å². The zero-order valence-corrected chi connectivity index (χ0v) is 14.5. The third kappa shape index (κ3) is 6.30. The molecule has 0 aliphatic heterocycles. The molecule has 2 rings (SSSR count). The topological polar surface area (TPSA) is 64.6 Å². The van der Waals surface area contributed by atoms with Crippen LogP contribution in [0.25, 0.3) is 0 Å². The first-order valence-corrected chi connectivity index (χ1v) is 8.21. The highest BCUT2D eigenvalue weighted by Crippen LogP contribution is 2.13. The highest BCUT2D eigenvalue weighted by molar-refractivity contribution is 5.80. The molecule has 0 saturated carbocycles. The molecule has 132 valence electrons. The molecular weight excluding hydrogens is 318 g/mol. The van der Waals surface area contributed by atoms with Crippen LogP contribution in [0.5, 0.6) is 5.75 Å². The number of benzene rings is 2. The Bertz CT molecular complexity index is 683. The Hall–Kier alpha value is -2.82. The Labute approximate surface area is 148 Å². The summed E-state index contributed by atoms with van der Waals surface area (Å²) in [5.41, 5.74) is 2.02. The van der Waals surface area contributed by atoms with Gasteiger partial charge in [0, 0.05) is 6.42 Å². The van der Waals surface area contributed by atoms with Crippen LogP contribution in [0.3, 0.4) is 0 Å². The molecule has 5 heteroatoms. The summed E-state index contributed by atoms with van der Waals surface area (Å²) in [7, 11) is 1.61. The summed E-state index contributed by atoms with van der Waals surface area (Å²) in [6.07, 6.45) is 0.790. The third-order valence-corrected chi connectivity index (χ3v) is 3.82. The molecule has 25 heavy (non-hydrogen) atoms. The number of hydrogen-bond acceptors (Lipinski definition) is 4. The minimum absolute atomic E-state index is 0.133. The van der Waals surface area contributed by atoms with Crippen molar-refractivity contribution in [2.75, 3.05) is 13.7 Å². The average molecular weight is 341 g/mol. The zero-order valence-electron chi connectivity index (χ0n) is 14.5. The molecule has 0 aliphatic rings. The summed E-state index contributed by atoms with van der Waals surface area (Å²) >= 11 is 0. The van der Waals surface area contributed by atoms with Crippen LogP contribution in [-0.4, -0.2) is 25.6 Å². The number of ether oxygens (including phenoxy) is 2. The molecule has 0 aromatic heterocycles. The van der Waals surface area contributed by atoms with E-state index in [1.165, 1.54) is 0 Å². The van der Waals surface area contributed by atoms with Crippen LogP contribution in [-0.2, 0) is 20.7 Å². The first kappa shape index (κ1) is 18.5. The second kappa shape index (κ2) is 9.47. The molecule has 0 aliphatic carbocycles. The standard InChI is InChI=1S/C20H23NO4/c1-15(17-6-4-3-5-7-17)21-19(22)14-25-20(23)13-10-16-8-11-18(24-2)12-9-16/h3-9,11-12,15H,10,13-14H2,1-2H3,(H,21,22)/t15-/m1/s1. The number of esters is 1. The van der Waals surface area contributed by atoms with Gasteiger partial charge in [0.1, 0.15) is 5.75 Å². The molecule has 2 aromatic rings. The number of rotatable bonds is 8. The molecule has 0 bridgehead atoms. The van der Waals surface area contributed by atoms with Gasteiger partial charge in [-0.3, -0.25) is 9.59 Å². The van der Waals surface area contributed by atoms with Gasteiger partial charge < -0.3 is 14.8 Å². The van der Waals surface area contributed by atoms with Crippen molar-refractivity contribution < 1.29 is 19.1 Å². The molecule has 2 aromatic carbocycles. The number of carbonyl (C=O) groups excluding carboxylic acids is 2. The molecule has 0 saturated heterocycles.